The number of hydrogen-bond acceptors (Lipinski definition) is 1. The molecule has 1 fully saturated rings. The van der Waals surface area contributed by atoms with Crippen LogP contribution in [0.5, 0.6) is 0 Å². The van der Waals surface area contributed by atoms with Gasteiger partial charge in [0.05, 0.1) is 0 Å². The Morgan fingerprint density at radius 3 is 2.35 bits per heavy atom. The van der Waals surface area contributed by atoms with Crippen LogP contribution in [0, 0.1) is 10.8 Å². The quantitative estimate of drug-likeness (QED) is 0.852. The number of fused-ring (bicyclic) bond motifs is 1. The topological polar surface area (TPSA) is 12.0 Å². The van der Waals surface area contributed by atoms with Gasteiger partial charge in [-0.1, -0.05) is 52.0 Å². The van der Waals surface area contributed by atoms with Crippen molar-refractivity contribution in [2.24, 2.45) is 10.8 Å². The molecule has 1 aromatic carbocycles. The second-order valence-corrected chi connectivity index (χ2v) is 8.62. The molecule has 0 aliphatic heterocycles. The largest absolute Gasteiger partial charge is 0.313 e. The maximum atomic E-state index is 3.88. The smallest absolute Gasteiger partial charge is 0.00774 e. The molecule has 1 aromatic rings. The average molecular weight is 271 g/mol. The zero-order valence-electron chi connectivity index (χ0n) is 13.5. The van der Waals surface area contributed by atoms with Gasteiger partial charge < -0.3 is 5.32 Å². The van der Waals surface area contributed by atoms with E-state index in [1.54, 1.807) is 11.1 Å². The summed E-state index contributed by atoms with van der Waals surface area (Å²) in [6, 6.07) is 9.62. The van der Waals surface area contributed by atoms with Crippen LogP contribution in [0.25, 0.3) is 0 Å². The van der Waals surface area contributed by atoms with Gasteiger partial charge in [-0.15, -0.1) is 0 Å². The highest BCUT2D eigenvalue weighted by molar-refractivity contribution is 5.40. The fourth-order valence-electron chi connectivity index (χ4n) is 4.84. The van der Waals surface area contributed by atoms with E-state index in [0.717, 1.165) is 12.5 Å². The zero-order chi connectivity index (χ0) is 14.4. The van der Waals surface area contributed by atoms with Crippen LogP contribution in [0.3, 0.4) is 0 Å². The fourth-order valence-corrected chi connectivity index (χ4v) is 4.84. The highest BCUT2D eigenvalue weighted by Crippen LogP contribution is 2.46. The van der Waals surface area contributed by atoms with Gasteiger partial charge in [0.15, 0.2) is 0 Å². The minimum absolute atomic E-state index is 0.483. The van der Waals surface area contributed by atoms with Gasteiger partial charge in [0.25, 0.3) is 0 Å². The third kappa shape index (κ3) is 2.93. The van der Waals surface area contributed by atoms with E-state index in [9.17, 15) is 0 Å². The lowest BCUT2D eigenvalue weighted by molar-refractivity contribution is 0.0842. The molecule has 1 saturated carbocycles. The Balaban J connectivity index is 1.57. The van der Waals surface area contributed by atoms with Crippen molar-refractivity contribution in [1.82, 2.24) is 5.32 Å². The number of hydrogen-bond donors (Lipinski definition) is 1. The monoisotopic (exact) mass is 271 g/mol. The van der Waals surface area contributed by atoms with Crippen molar-refractivity contribution in [1.29, 1.82) is 0 Å². The fraction of sp³-hybridized carbons (Fsp3) is 0.684. The zero-order valence-corrected chi connectivity index (χ0v) is 13.5. The highest BCUT2D eigenvalue weighted by atomic mass is 14.9. The van der Waals surface area contributed by atoms with E-state index in [1.807, 2.05) is 0 Å². The van der Waals surface area contributed by atoms with Crippen molar-refractivity contribution in [2.75, 3.05) is 6.54 Å². The van der Waals surface area contributed by atoms with E-state index in [0.29, 0.717) is 16.9 Å². The molecule has 3 rings (SSSR count). The van der Waals surface area contributed by atoms with Crippen molar-refractivity contribution in [2.45, 2.75) is 65.3 Å². The van der Waals surface area contributed by atoms with E-state index in [-0.39, 0.29) is 0 Å². The molecule has 0 amide bonds. The summed E-state index contributed by atoms with van der Waals surface area (Å²) in [4.78, 5) is 0. The standard InChI is InChI=1S/C19H29N/c1-18(2)10-16(11-19(3,4)13-18)20-12-15-9-14-7-5-6-8-17(14)15/h5-8,15-16,20H,9-13H2,1-4H3. The van der Waals surface area contributed by atoms with E-state index < -0.39 is 0 Å². The van der Waals surface area contributed by atoms with Gasteiger partial charge in [-0.05, 0) is 47.6 Å². The summed E-state index contributed by atoms with van der Waals surface area (Å²) < 4.78 is 0. The van der Waals surface area contributed by atoms with Crippen LogP contribution in [0.4, 0.5) is 0 Å². The van der Waals surface area contributed by atoms with Crippen LogP contribution in [-0.2, 0) is 6.42 Å². The molecular formula is C19H29N. The molecule has 1 nitrogen and oxygen atoms in total. The summed E-state index contributed by atoms with van der Waals surface area (Å²) in [5.41, 5.74) is 4.10. The Morgan fingerprint density at radius 2 is 1.70 bits per heavy atom. The Labute approximate surface area is 124 Å². The first-order chi connectivity index (χ1) is 9.35. The van der Waals surface area contributed by atoms with Gasteiger partial charge in [-0.3, -0.25) is 0 Å². The molecule has 0 aromatic heterocycles. The molecule has 2 aliphatic carbocycles. The first-order valence-electron chi connectivity index (χ1n) is 8.16. The summed E-state index contributed by atoms with van der Waals surface area (Å²) >= 11 is 0. The molecule has 110 valence electrons. The lowest BCUT2D eigenvalue weighted by Gasteiger charge is -2.46. The van der Waals surface area contributed by atoms with Crippen LogP contribution >= 0.6 is 0 Å². The summed E-state index contributed by atoms with van der Waals surface area (Å²) in [5.74, 6) is 0.749. The molecule has 0 spiro atoms. The van der Waals surface area contributed by atoms with Crippen molar-refractivity contribution >= 4 is 0 Å². The molecule has 0 saturated heterocycles. The molecule has 1 heteroatoms. The second kappa shape index (κ2) is 4.87. The Kier molecular flexibility index (Phi) is 3.44. The SMILES string of the molecule is CC1(C)CC(NCC2Cc3ccccc32)CC(C)(C)C1. The summed E-state index contributed by atoms with van der Waals surface area (Å²) in [6.45, 7) is 10.9. The summed E-state index contributed by atoms with van der Waals surface area (Å²) in [5, 5.41) is 3.88. The first-order valence-corrected chi connectivity index (χ1v) is 8.16. The van der Waals surface area contributed by atoms with Gasteiger partial charge in [-0.25, -0.2) is 0 Å². The van der Waals surface area contributed by atoms with E-state index in [1.165, 1.54) is 25.7 Å². The molecule has 1 unspecified atom stereocenters. The van der Waals surface area contributed by atoms with Crippen LogP contribution in [-0.4, -0.2) is 12.6 Å². The molecule has 0 radical (unpaired) electrons. The average Bonchev–Trinajstić information content (AvgIpc) is 2.26. The van der Waals surface area contributed by atoms with Crippen LogP contribution < -0.4 is 5.32 Å². The Morgan fingerprint density at radius 1 is 1.05 bits per heavy atom. The van der Waals surface area contributed by atoms with Gasteiger partial charge in [0, 0.05) is 18.5 Å². The number of rotatable bonds is 3. The van der Waals surface area contributed by atoms with Gasteiger partial charge in [-0.2, -0.15) is 0 Å². The molecule has 20 heavy (non-hydrogen) atoms. The minimum Gasteiger partial charge on any atom is -0.313 e. The molecule has 1 atom stereocenters. The maximum Gasteiger partial charge on any atom is 0.00774 e. The third-order valence-corrected chi connectivity index (χ3v) is 5.17. The Hall–Kier alpha value is -0.820. The van der Waals surface area contributed by atoms with E-state index in [2.05, 4.69) is 57.3 Å². The maximum absolute atomic E-state index is 3.88. The summed E-state index contributed by atoms with van der Waals surface area (Å²) in [6.07, 6.45) is 5.27. The lowest BCUT2D eigenvalue weighted by Crippen LogP contribution is -2.45. The molecule has 0 bridgehead atoms. The second-order valence-electron chi connectivity index (χ2n) is 8.62. The predicted molar refractivity (Wildman–Crippen MR) is 86.1 cm³/mol. The van der Waals surface area contributed by atoms with Crippen LogP contribution in [0.1, 0.15) is 64.0 Å². The third-order valence-electron chi connectivity index (χ3n) is 5.17. The predicted octanol–water partition coefficient (Wildman–Crippen LogP) is 4.52. The molecular weight excluding hydrogens is 242 g/mol. The van der Waals surface area contributed by atoms with Crippen molar-refractivity contribution in [3.05, 3.63) is 35.4 Å². The number of nitrogens with one attached hydrogen (secondary N) is 1. The molecule has 1 N–H and O–H groups in total. The van der Waals surface area contributed by atoms with Gasteiger partial charge in [0.1, 0.15) is 0 Å². The van der Waals surface area contributed by atoms with E-state index in [4.69, 9.17) is 0 Å². The van der Waals surface area contributed by atoms with Crippen molar-refractivity contribution < 1.29 is 0 Å². The number of benzene rings is 1. The van der Waals surface area contributed by atoms with Crippen LogP contribution in [0.2, 0.25) is 0 Å². The first kappa shape index (κ1) is 14.1. The van der Waals surface area contributed by atoms with Crippen LogP contribution in [0.15, 0.2) is 24.3 Å². The van der Waals surface area contributed by atoms with Crippen molar-refractivity contribution in [3.63, 3.8) is 0 Å². The molecule has 2 aliphatic rings. The summed E-state index contributed by atoms with van der Waals surface area (Å²) in [7, 11) is 0. The van der Waals surface area contributed by atoms with E-state index >= 15 is 0 Å². The van der Waals surface area contributed by atoms with Gasteiger partial charge >= 0.3 is 0 Å². The minimum atomic E-state index is 0.483. The molecule has 0 heterocycles. The normalized spacial score (nSPS) is 27.7. The Bertz CT molecular complexity index is 470. The van der Waals surface area contributed by atoms with Gasteiger partial charge in [0.2, 0.25) is 0 Å². The van der Waals surface area contributed by atoms with Crippen molar-refractivity contribution in [3.8, 4) is 0 Å². The highest BCUT2D eigenvalue weighted by Gasteiger charge is 2.38. The lowest BCUT2D eigenvalue weighted by atomic mass is 9.63.